The maximum Gasteiger partial charge on any atom is 0.339 e. The third-order valence-corrected chi connectivity index (χ3v) is 2.96. The highest BCUT2D eigenvalue weighted by molar-refractivity contribution is 5.88. The minimum absolute atomic E-state index is 0.221. The van der Waals surface area contributed by atoms with Gasteiger partial charge in [0.2, 0.25) is 0 Å². The van der Waals surface area contributed by atoms with Crippen molar-refractivity contribution in [1.82, 2.24) is 4.98 Å². The Morgan fingerprint density at radius 3 is 2.65 bits per heavy atom. The Morgan fingerprint density at radius 1 is 1.25 bits per heavy atom. The maximum atomic E-state index is 11.6. The number of nitrogens with zero attached hydrogens (tertiary/aromatic N) is 1. The van der Waals surface area contributed by atoms with Gasteiger partial charge in [-0.2, -0.15) is 0 Å². The fraction of sp³-hybridized carbons (Fsp3) is 0.500. The van der Waals surface area contributed by atoms with E-state index in [9.17, 15) is 25.2 Å². The van der Waals surface area contributed by atoms with Gasteiger partial charge in [-0.1, -0.05) is 0 Å². The highest BCUT2D eigenvalue weighted by Gasteiger charge is 2.43. The van der Waals surface area contributed by atoms with Crippen LogP contribution in [-0.4, -0.2) is 68.7 Å². The van der Waals surface area contributed by atoms with Crippen molar-refractivity contribution in [2.45, 2.75) is 30.7 Å². The summed E-state index contributed by atoms with van der Waals surface area (Å²) in [5.74, 6) is -0.677. The van der Waals surface area contributed by atoms with Crippen LogP contribution in [-0.2, 0) is 9.47 Å². The van der Waals surface area contributed by atoms with Gasteiger partial charge in [-0.3, -0.25) is 4.98 Å². The Morgan fingerprint density at radius 2 is 2.00 bits per heavy atom. The first-order chi connectivity index (χ1) is 9.50. The Kier molecular flexibility index (Phi) is 4.63. The number of carbonyl (C=O) groups excluding carboxylic acids is 1. The quantitative estimate of drug-likeness (QED) is 0.471. The Bertz CT molecular complexity index is 454. The summed E-state index contributed by atoms with van der Waals surface area (Å²) in [7, 11) is 0. The van der Waals surface area contributed by atoms with Crippen LogP contribution in [0.4, 0.5) is 0 Å². The Balaban J connectivity index is 1.92. The SMILES string of the molecule is O=C(OC[C@@H]1O[C@@H](O)[C@@H](O)[C@@H](O)[C@H]1O)c1cccnc1. The molecule has 8 nitrogen and oxygen atoms in total. The van der Waals surface area contributed by atoms with Gasteiger partial charge in [-0.15, -0.1) is 0 Å². The second-order valence-electron chi connectivity index (χ2n) is 4.38. The molecule has 0 spiro atoms. The van der Waals surface area contributed by atoms with E-state index in [1.807, 2.05) is 0 Å². The molecule has 1 fully saturated rings. The molecule has 1 aromatic rings. The molecule has 0 aliphatic carbocycles. The van der Waals surface area contributed by atoms with Crippen LogP contribution in [0.5, 0.6) is 0 Å². The summed E-state index contributed by atoms with van der Waals surface area (Å²) < 4.78 is 9.77. The van der Waals surface area contributed by atoms with Gasteiger partial charge < -0.3 is 29.9 Å². The van der Waals surface area contributed by atoms with Gasteiger partial charge >= 0.3 is 5.97 Å². The fourth-order valence-corrected chi connectivity index (χ4v) is 1.79. The number of rotatable bonds is 3. The van der Waals surface area contributed by atoms with Crippen LogP contribution in [0.2, 0.25) is 0 Å². The number of aromatic nitrogens is 1. The lowest BCUT2D eigenvalue weighted by Crippen LogP contribution is -2.58. The molecular formula is C12H15NO7. The molecule has 4 N–H and O–H groups in total. The summed E-state index contributed by atoms with van der Waals surface area (Å²) in [5.41, 5.74) is 0.221. The topological polar surface area (TPSA) is 129 Å². The summed E-state index contributed by atoms with van der Waals surface area (Å²) in [4.78, 5) is 15.4. The van der Waals surface area contributed by atoms with Crippen LogP contribution in [0, 0.1) is 0 Å². The lowest BCUT2D eigenvalue weighted by molar-refractivity contribution is -0.286. The van der Waals surface area contributed by atoms with Crippen molar-refractivity contribution in [3.63, 3.8) is 0 Å². The molecule has 1 aliphatic rings. The van der Waals surface area contributed by atoms with E-state index >= 15 is 0 Å². The number of aliphatic hydroxyl groups excluding tert-OH is 4. The maximum absolute atomic E-state index is 11.6. The van der Waals surface area contributed by atoms with Crippen LogP contribution in [0.3, 0.4) is 0 Å². The van der Waals surface area contributed by atoms with E-state index in [1.54, 1.807) is 6.07 Å². The van der Waals surface area contributed by atoms with Gasteiger partial charge in [-0.25, -0.2) is 4.79 Å². The zero-order valence-corrected chi connectivity index (χ0v) is 10.4. The average molecular weight is 285 g/mol. The first kappa shape index (κ1) is 14.8. The van der Waals surface area contributed by atoms with Gasteiger partial charge in [0.1, 0.15) is 31.0 Å². The summed E-state index contributed by atoms with van der Waals surface area (Å²) in [6.45, 7) is -0.379. The van der Waals surface area contributed by atoms with Crippen molar-refractivity contribution < 1.29 is 34.7 Å². The minimum atomic E-state index is -1.66. The second kappa shape index (κ2) is 6.25. The molecule has 110 valence electrons. The molecule has 0 aromatic carbocycles. The van der Waals surface area contributed by atoms with E-state index in [-0.39, 0.29) is 12.2 Å². The summed E-state index contributed by atoms with van der Waals surface area (Å²) in [6.07, 6.45) is -4.65. The Labute approximate surface area is 114 Å². The normalized spacial score (nSPS) is 33.7. The van der Waals surface area contributed by atoms with Crippen LogP contribution < -0.4 is 0 Å². The van der Waals surface area contributed by atoms with Gasteiger partial charge in [0.15, 0.2) is 6.29 Å². The molecule has 0 bridgehead atoms. The Hall–Kier alpha value is -1.58. The zero-order valence-electron chi connectivity index (χ0n) is 10.4. The number of esters is 1. The number of pyridine rings is 1. The number of hydrogen-bond donors (Lipinski definition) is 4. The largest absolute Gasteiger partial charge is 0.459 e. The third-order valence-electron chi connectivity index (χ3n) is 2.96. The standard InChI is InChI=1S/C12H15NO7/c14-8-7(20-12(18)10(16)9(8)15)5-19-11(17)6-2-1-3-13-4-6/h1-4,7-10,12,14-16,18H,5H2/t7-,8-,9-,10-,12+/m0/s1. The predicted molar refractivity (Wildman–Crippen MR) is 63.4 cm³/mol. The molecule has 5 atom stereocenters. The van der Waals surface area contributed by atoms with Gasteiger partial charge in [0, 0.05) is 12.4 Å². The summed E-state index contributed by atoms with van der Waals surface area (Å²) in [6, 6.07) is 3.06. The number of ether oxygens (including phenoxy) is 2. The smallest absolute Gasteiger partial charge is 0.339 e. The van der Waals surface area contributed by atoms with Gasteiger partial charge in [-0.05, 0) is 12.1 Å². The van der Waals surface area contributed by atoms with Crippen molar-refractivity contribution >= 4 is 5.97 Å². The summed E-state index contributed by atoms with van der Waals surface area (Å²) >= 11 is 0. The highest BCUT2D eigenvalue weighted by Crippen LogP contribution is 2.20. The van der Waals surface area contributed by atoms with Crippen LogP contribution in [0.15, 0.2) is 24.5 Å². The molecule has 0 radical (unpaired) electrons. The monoisotopic (exact) mass is 285 g/mol. The minimum Gasteiger partial charge on any atom is -0.459 e. The van der Waals surface area contributed by atoms with Crippen molar-refractivity contribution in [3.8, 4) is 0 Å². The third kappa shape index (κ3) is 3.11. The zero-order chi connectivity index (χ0) is 14.7. The van der Waals surface area contributed by atoms with Crippen molar-refractivity contribution in [2.75, 3.05) is 6.61 Å². The molecule has 1 aromatic heterocycles. The number of hydrogen-bond acceptors (Lipinski definition) is 8. The van der Waals surface area contributed by atoms with Crippen LogP contribution >= 0.6 is 0 Å². The predicted octanol–water partition coefficient (Wildman–Crippen LogP) is -1.96. The van der Waals surface area contributed by atoms with E-state index in [4.69, 9.17) is 9.47 Å². The molecule has 1 aliphatic heterocycles. The highest BCUT2D eigenvalue weighted by atomic mass is 16.6. The van der Waals surface area contributed by atoms with Gasteiger partial charge in [0.05, 0.1) is 5.56 Å². The van der Waals surface area contributed by atoms with E-state index in [0.29, 0.717) is 0 Å². The molecule has 0 unspecified atom stereocenters. The molecule has 2 rings (SSSR count). The van der Waals surface area contributed by atoms with Crippen LogP contribution in [0.1, 0.15) is 10.4 Å². The molecule has 1 saturated heterocycles. The summed E-state index contributed by atoms with van der Waals surface area (Å²) in [5, 5.41) is 37.8. The number of aliphatic hydroxyl groups is 4. The molecule has 2 heterocycles. The van der Waals surface area contributed by atoms with Crippen LogP contribution in [0.25, 0.3) is 0 Å². The average Bonchev–Trinajstić information content (AvgIpc) is 2.48. The molecule has 0 amide bonds. The second-order valence-corrected chi connectivity index (χ2v) is 4.38. The van der Waals surface area contributed by atoms with E-state index in [2.05, 4.69) is 4.98 Å². The first-order valence-electron chi connectivity index (χ1n) is 5.95. The van der Waals surface area contributed by atoms with E-state index < -0.39 is 36.7 Å². The molecular weight excluding hydrogens is 270 g/mol. The van der Waals surface area contributed by atoms with Crippen molar-refractivity contribution in [2.24, 2.45) is 0 Å². The lowest BCUT2D eigenvalue weighted by atomic mass is 9.99. The molecule has 0 saturated carbocycles. The lowest BCUT2D eigenvalue weighted by Gasteiger charge is -2.37. The van der Waals surface area contributed by atoms with Crippen molar-refractivity contribution in [3.05, 3.63) is 30.1 Å². The number of carbonyl (C=O) groups is 1. The molecule has 8 heteroatoms. The van der Waals surface area contributed by atoms with Crippen molar-refractivity contribution in [1.29, 1.82) is 0 Å². The van der Waals surface area contributed by atoms with E-state index in [1.165, 1.54) is 18.5 Å². The fourth-order valence-electron chi connectivity index (χ4n) is 1.79. The van der Waals surface area contributed by atoms with Gasteiger partial charge in [0.25, 0.3) is 0 Å². The van der Waals surface area contributed by atoms with E-state index in [0.717, 1.165) is 0 Å². The molecule has 20 heavy (non-hydrogen) atoms. The first-order valence-corrected chi connectivity index (χ1v) is 5.95.